The maximum Gasteiger partial charge on any atom is 0.236 e. The molecule has 1 heterocycles. The van der Waals surface area contributed by atoms with Gasteiger partial charge in [0.05, 0.1) is 16.5 Å². The third-order valence-electron chi connectivity index (χ3n) is 3.94. The Bertz CT molecular complexity index is 896. The molecule has 3 aromatic rings. The Kier molecular flexibility index (Phi) is 6.90. The van der Waals surface area contributed by atoms with Crippen LogP contribution in [-0.2, 0) is 17.0 Å². The molecule has 1 amide bonds. The molecule has 7 heteroatoms. The molecule has 0 fully saturated rings. The Morgan fingerprint density at radius 3 is 2.70 bits per heavy atom. The number of anilines is 1. The molecular weight excluding hydrogens is 382 g/mol. The number of thioether (sulfide) groups is 1. The van der Waals surface area contributed by atoms with Crippen molar-refractivity contribution in [3.8, 4) is 11.4 Å². The summed E-state index contributed by atoms with van der Waals surface area (Å²) in [5, 5.41) is 7.37. The molecular formula is C20H20ClN3O2S. The van der Waals surface area contributed by atoms with Gasteiger partial charge in [0.1, 0.15) is 0 Å². The summed E-state index contributed by atoms with van der Waals surface area (Å²) in [6, 6.07) is 15.3. The number of halogens is 1. The van der Waals surface area contributed by atoms with Gasteiger partial charge in [-0.15, -0.1) is 0 Å². The lowest BCUT2D eigenvalue weighted by molar-refractivity contribution is -0.115. The number of para-hydroxylation sites is 1. The van der Waals surface area contributed by atoms with Crippen LogP contribution >= 0.6 is 23.4 Å². The Hall–Kier alpha value is -2.31. The molecule has 0 saturated carbocycles. The lowest BCUT2D eigenvalue weighted by Gasteiger charge is -2.06. The van der Waals surface area contributed by atoms with E-state index in [2.05, 4.69) is 34.5 Å². The van der Waals surface area contributed by atoms with Crippen LogP contribution in [-0.4, -0.2) is 21.8 Å². The highest BCUT2D eigenvalue weighted by Gasteiger charge is 2.10. The molecule has 0 aliphatic heterocycles. The fraction of sp³-hybridized carbons (Fsp3) is 0.250. The molecule has 1 aromatic heterocycles. The van der Waals surface area contributed by atoms with Gasteiger partial charge < -0.3 is 9.84 Å². The van der Waals surface area contributed by atoms with Crippen molar-refractivity contribution in [2.75, 3.05) is 11.1 Å². The van der Waals surface area contributed by atoms with Crippen molar-refractivity contribution in [2.24, 2.45) is 0 Å². The second-order valence-electron chi connectivity index (χ2n) is 5.89. The van der Waals surface area contributed by atoms with E-state index in [1.807, 2.05) is 24.3 Å². The van der Waals surface area contributed by atoms with Crippen molar-refractivity contribution in [3.05, 3.63) is 65.0 Å². The van der Waals surface area contributed by atoms with Gasteiger partial charge in [-0.2, -0.15) is 16.7 Å². The highest BCUT2D eigenvalue weighted by Crippen LogP contribution is 2.21. The highest BCUT2D eigenvalue weighted by atomic mass is 35.5. The smallest absolute Gasteiger partial charge is 0.236 e. The first-order chi connectivity index (χ1) is 13.2. The van der Waals surface area contributed by atoms with E-state index in [1.54, 1.807) is 23.9 Å². The predicted octanol–water partition coefficient (Wildman–Crippen LogP) is 5.21. The molecule has 0 radical (unpaired) electrons. The zero-order valence-corrected chi connectivity index (χ0v) is 16.5. The molecule has 0 spiro atoms. The van der Waals surface area contributed by atoms with E-state index in [4.69, 9.17) is 16.1 Å². The SMILES string of the molecule is CCc1ccc(-c2noc(CSCCC(=O)Nc3ccccc3Cl)n2)cc1. The van der Waals surface area contributed by atoms with Gasteiger partial charge in [0.25, 0.3) is 0 Å². The average Bonchev–Trinajstić information content (AvgIpc) is 3.16. The van der Waals surface area contributed by atoms with Gasteiger partial charge >= 0.3 is 0 Å². The number of hydrogen-bond acceptors (Lipinski definition) is 5. The largest absolute Gasteiger partial charge is 0.338 e. The van der Waals surface area contributed by atoms with E-state index < -0.39 is 0 Å². The van der Waals surface area contributed by atoms with Crippen LogP contribution in [0.5, 0.6) is 0 Å². The third-order valence-corrected chi connectivity index (χ3v) is 5.21. The lowest BCUT2D eigenvalue weighted by atomic mass is 10.1. The first-order valence-corrected chi connectivity index (χ1v) is 10.2. The topological polar surface area (TPSA) is 68.0 Å². The van der Waals surface area contributed by atoms with Crippen molar-refractivity contribution < 1.29 is 9.32 Å². The maximum absolute atomic E-state index is 12.0. The number of nitrogens with zero attached hydrogens (tertiary/aromatic N) is 2. The van der Waals surface area contributed by atoms with Crippen molar-refractivity contribution in [1.29, 1.82) is 0 Å². The summed E-state index contributed by atoms with van der Waals surface area (Å²) in [5.74, 6) is 2.29. The van der Waals surface area contributed by atoms with Gasteiger partial charge in [-0.25, -0.2) is 0 Å². The number of rotatable bonds is 8. The van der Waals surface area contributed by atoms with Gasteiger partial charge in [-0.05, 0) is 24.1 Å². The quantitative estimate of drug-likeness (QED) is 0.524. The van der Waals surface area contributed by atoms with Crippen LogP contribution in [0.25, 0.3) is 11.4 Å². The summed E-state index contributed by atoms with van der Waals surface area (Å²) in [6.45, 7) is 2.12. The minimum Gasteiger partial charge on any atom is -0.338 e. The van der Waals surface area contributed by atoms with Crippen LogP contribution < -0.4 is 5.32 Å². The second-order valence-corrected chi connectivity index (χ2v) is 7.41. The first kappa shape index (κ1) is 19.5. The molecule has 2 aromatic carbocycles. The summed E-state index contributed by atoms with van der Waals surface area (Å²) in [6.07, 6.45) is 1.38. The number of aromatic nitrogens is 2. The van der Waals surface area contributed by atoms with E-state index in [1.165, 1.54) is 5.56 Å². The fourth-order valence-electron chi connectivity index (χ4n) is 2.42. The van der Waals surface area contributed by atoms with Gasteiger partial charge in [0.15, 0.2) is 0 Å². The molecule has 0 unspecified atom stereocenters. The van der Waals surface area contributed by atoms with Crippen LogP contribution in [0.4, 0.5) is 5.69 Å². The first-order valence-electron chi connectivity index (χ1n) is 8.69. The molecule has 3 rings (SSSR count). The Balaban J connectivity index is 1.43. The normalized spacial score (nSPS) is 10.7. The summed E-state index contributed by atoms with van der Waals surface area (Å²) < 4.78 is 5.29. The third kappa shape index (κ3) is 5.58. The predicted molar refractivity (Wildman–Crippen MR) is 110 cm³/mol. The summed E-state index contributed by atoms with van der Waals surface area (Å²) >= 11 is 7.61. The minimum atomic E-state index is -0.0715. The number of aryl methyl sites for hydroxylation is 1. The molecule has 0 aliphatic rings. The summed E-state index contributed by atoms with van der Waals surface area (Å²) in [5.41, 5.74) is 2.84. The van der Waals surface area contributed by atoms with Crippen molar-refractivity contribution in [3.63, 3.8) is 0 Å². The zero-order chi connectivity index (χ0) is 19.1. The molecule has 0 saturated heterocycles. The highest BCUT2D eigenvalue weighted by molar-refractivity contribution is 7.98. The van der Waals surface area contributed by atoms with Gasteiger partial charge in [-0.3, -0.25) is 4.79 Å². The van der Waals surface area contributed by atoms with Crippen LogP contribution in [0.15, 0.2) is 53.1 Å². The van der Waals surface area contributed by atoms with Crippen molar-refractivity contribution in [1.82, 2.24) is 10.1 Å². The number of nitrogens with one attached hydrogen (secondary N) is 1. The number of hydrogen-bond donors (Lipinski definition) is 1. The van der Waals surface area contributed by atoms with E-state index >= 15 is 0 Å². The lowest BCUT2D eigenvalue weighted by Crippen LogP contribution is -2.12. The van der Waals surface area contributed by atoms with E-state index in [-0.39, 0.29) is 5.91 Å². The molecule has 0 atom stereocenters. The molecule has 0 aliphatic carbocycles. The molecule has 140 valence electrons. The van der Waals surface area contributed by atoms with E-state index in [9.17, 15) is 4.79 Å². The van der Waals surface area contributed by atoms with Crippen molar-refractivity contribution in [2.45, 2.75) is 25.5 Å². The van der Waals surface area contributed by atoms with E-state index in [0.717, 1.165) is 12.0 Å². The molecule has 1 N–H and O–H groups in total. The van der Waals surface area contributed by atoms with Crippen LogP contribution in [0.2, 0.25) is 5.02 Å². The Morgan fingerprint density at radius 2 is 1.96 bits per heavy atom. The zero-order valence-electron chi connectivity index (χ0n) is 14.9. The minimum absolute atomic E-state index is 0.0715. The van der Waals surface area contributed by atoms with Gasteiger partial charge in [0, 0.05) is 17.7 Å². The number of carbonyl (C=O) groups excluding carboxylic acids is 1. The second kappa shape index (κ2) is 9.58. The fourth-order valence-corrected chi connectivity index (χ4v) is 3.37. The summed E-state index contributed by atoms with van der Waals surface area (Å²) in [7, 11) is 0. The number of benzene rings is 2. The molecule has 27 heavy (non-hydrogen) atoms. The summed E-state index contributed by atoms with van der Waals surface area (Å²) in [4.78, 5) is 16.4. The number of amides is 1. The van der Waals surface area contributed by atoms with Crippen LogP contribution in [0.3, 0.4) is 0 Å². The van der Waals surface area contributed by atoms with Crippen LogP contribution in [0.1, 0.15) is 24.8 Å². The van der Waals surface area contributed by atoms with Crippen molar-refractivity contribution >= 4 is 35.0 Å². The molecule has 0 bridgehead atoms. The standard InChI is InChI=1S/C20H20ClN3O2S/c1-2-14-7-9-15(10-8-14)20-23-19(26-24-20)13-27-12-11-18(25)22-17-6-4-3-5-16(17)21/h3-10H,2,11-13H2,1H3,(H,22,25). The number of carbonyl (C=O) groups is 1. The van der Waals surface area contributed by atoms with Crippen LogP contribution in [0, 0.1) is 0 Å². The maximum atomic E-state index is 12.0. The monoisotopic (exact) mass is 401 g/mol. The van der Waals surface area contributed by atoms with Gasteiger partial charge in [-0.1, -0.05) is 60.1 Å². The Labute approximate surface area is 167 Å². The Morgan fingerprint density at radius 1 is 1.19 bits per heavy atom. The average molecular weight is 402 g/mol. The van der Waals surface area contributed by atoms with E-state index in [0.29, 0.717) is 40.4 Å². The van der Waals surface area contributed by atoms with Gasteiger partial charge in [0.2, 0.25) is 17.6 Å². The molecule has 5 nitrogen and oxygen atoms in total.